The molecule has 0 aromatic heterocycles. The minimum absolute atomic E-state index is 0.827. The first-order chi connectivity index (χ1) is 46.4. The highest BCUT2D eigenvalue weighted by Gasteiger charge is 2.60. The second kappa shape index (κ2) is 35.1. The summed E-state index contributed by atoms with van der Waals surface area (Å²) in [6.07, 6.45) is -75.2. The molecule has 0 spiro atoms. The lowest BCUT2D eigenvalue weighted by Gasteiger charge is -2.51. The normalized spacial score (nSPS) is 49.5. The summed E-state index contributed by atoms with van der Waals surface area (Å²) in [6.45, 7) is -5.49. The Hall–Kier alpha value is -3.11. The maximum atomic E-state index is 12.8. The minimum Gasteiger partial charge on any atom is -0.394 e. The lowest BCUT2D eigenvalue weighted by molar-refractivity contribution is -0.397. The zero-order valence-corrected chi connectivity index (χ0v) is 52.4. The van der Waals surface area contributed by atoms with E-state index in [2.05, 4.69) is 16.0 Å². The van der Waals surface area contributed by atoms with E-state index in [1.165, 1.54) is 0 Å². The summed E-state index contributed by atoms with van der Waals surface area (Å²) >= 11 is 0. The molecule has 0 radical (unpaired) electrons. The van der Waals surface area contributed by atoms with Crippen LogP contribution >= 0.6 is 0 Å². The fourth-order valence-electron chi connectivity index (χ4n) is 12.6. The average molecular weight is 1440 g/mol. The van der Waals surface area contributed by atoms with Gasteiger partial charge in [0.15, 0.2) is 50.3 Å². The predicted molar refractivity (Wildman–Crippen MR) is 299 cm³/mol. The molecule has 0 bridgehead atoms. The van der Waals surface area contributed by atoms with Crippen molar-refractivity contribution in [3.05, 3.63) is 0 Å². The van der Waals surface area contributed by atoms with E-state index < -0.39 is 316 Å². The third-order valence-electron chi connectivity index (χ3n) is 17.8. The Bertz CT molecular complexity index is 2510. The fraction of sp³-hybridized carbons (Fsp3) is 0.944. The van der Waals surface area contributed by atoms with Crippen molar-refractivity contribution in [2.75, 3.05) is 52.9 Å². The number of carbonyl (C=O) groups is 3. The lowest BCUT2D eigenvalue weighted by atomic mass is 9.94. The summed E-state index contributed by atoms with van der Waals surface area (Å²) in [4.78, 5) is 37.8. The van der Waals surface area contributed by atoms with Crippen LogP contribution in [-0.2, 0) is 85.4 Å². The Morgan fingerprint density at radius 3 is 0.939 bits per heavy atom. The van der Waals surface area contributed by atoms with Gasteiger partial charge in [-0.05, 0) is 0 Å². The van der Waals surface area contributed by atoms with Gasteiger partial charge in [-0.15, -0.1) is 0 Å². The Labute approximate surface area is 554 Å². The first kappa shape index (κ1) is 80.6. The molecule has 8 heterocycles. The van der Waals surface area contributed by atoms with Crippen LogP contribution in [0.1, 0.15) is 20.8 Å². The molecular weight excluding hydrogens is 1350 g/mol. The van der Waals surface area contributed by atoms with Crippen molar-refractivity contribution in [1.29, 1.82) is 0 Å². The van der Waals surface area contributed by atoms with Crippen LogP contribution in [0.3, 0.4) is 0 Å². The SMILES string of the molecule is CC(=O)N[C@@H]1[C@@H](O)[C@H](O[C@H]2O[C@H](CO[C@H]3O[C@H](CO)[C@@H](O)[C@H](O)[C@@H]3O[C@@H]3O[C@H](CO)[C@@H](O[C@@H]4O[C@H](CO)[C@H](O)[C@H](O)[C@H]4O)[C@H](O)[C@H]3NC(C)=O)[C@@H](O)[C@H](O[C@H]3O[C@H](CO)[C@@H](O)[C@H](O)[C@@H]3O[C@@H]3O[C@H](CO)[C@@H](O[C@@H]4O[C@H](CO)[C@H](O)[C@H](O)[C@H]4O)[C@H](O)[C@H]3NC(C)=O)[C@@H]2O)[C@@H](CO)O[C@H]1O. The van der Waals surface area contributed by atoms with Gasteiger partial charge in [-0.2, -0.15) is 0 Å². The maximum Gasteiger partial charge on any atom is 0.217 e. The summed E-state index contributed by atoms with van der Waals surface area (Å²) in [5, 5.41) is 259. The molecule has 568 valence electrons. The molecule has 0 unspecified atom stereocenters. The summed E-state index contributed by atoms with van der Waals surface area (Å²) < 4.78 is 87.8. The Kier molecular flexibility index (Phi) is 28.9. The van der Waals surface area contributed by atoms with E-state index in [-0.39, 0.29) is 0 Å². The van der Waals surface area contributed by atoms with Crippen LogP contribution in [0.15, 0.2) is 0 Å². The summed E-state index contributed by atoms with van der Waals surface area (Å²) in [5.41, 5.74) is 0. The van der Waals surface area contributed by atoms with Gasteiger partial charge in [0.25, 0.3) is 0 Å². The fourth-order valence-corrected chi connectivity index (χ4v) is 12.6. The zero-order valence-electron chi connectivity index (χ0n) is 52.4. The lowest BCUT2D eigenvalue weighted by Crippen LogP contribution is -2.70. The topological polar surface area (TPSA) is 691 Å². The zero-order chi connectivity index (χ0) is 72.2. The number of ether oxygens (including phenoxy) is 15. The van der Waals surface area contributed by atoms with Crippen LogP contribution in [0.5, 0.6) is 0 Å². The van der Waals surface area contributed by atoms with E-state index >= 15 is 0 Å². The quantitative estimate of drug-likeness (QED) is 0.0404. The maximum absolute atomic E-state index is 12.8. The third-order valence-corrected chi connectivity index (χ3v) is 17.8. The third kappa shape index (κ3) is 17.5. The van der Waals surface area contributed by atoms with Crippen molar-refractivity contribution in [3.63, 3.8) is 0 Å². The highest BCUT2D eigenvalue weighted by molar-refractivity contribution is 5.74. The van der Waals surface area contributed by atoms with Crippen LogP contribution < -0.4 is 16.0 Å². The smallest absolute Gasteiger partial charge is 0.217 e. The van der Waals surface area contributed by atoms with Crippen molar-refractivity contribution >= 4 is 17.7 Å². The number of amides is 3. The molecule has 8 aliphatic heterocycles. The first-order valence-electron chi connectivity index (χ1n) is 31.1. The molecule has 44 heteroatoms. The number of aliphatic hydroxyl groups excluding tert-OH is 23. The number of hydrogen-bond donors (Lipinski definition) is 26. The van der Waals surface area contributed by atoms with Gasteiger partial charge in [0.05, 0.1) is 52.9 Å². The molecule has 40 atom stereocenters. The van der Waals surface area contributed by atoms with E-state index in [1.807, 2.05) is 0 Å². The average Bonchev–Trinajstić information content (AvgIpc) is 0.779. The summed E-state index contributed by atoms with van der Waals surface area (Å²) in [5.74, 6) is -2.65. The molecular formula is C54H91N3O41. The number of aliphatic hydroxyl groups is 23. The van der Waals surface area contributed by atoms with Crippen molar-refractivity contribution in [2.24, 2.45) is 0 Å². The van der Waals surface area contributed by atoms with Crippen molar-refractivity contribution < 1.29 is 203 Å². The van der Waals surface area contributed by atoms with Crippen LogP contribution in [0, 0.1) is 0 Å². The molecule has 0 aromatic carbocycles. The highest BCUT2D eigenvalue weighted by atomic mass is 16.8. The van der Waals surface area contributed by atoms with E-state index in [1.54, 1.807) is 0 Å². The van der Waals surface area contributed by atoms with E-state index in [4.69, 9.17) is 71.1 Å². The van der Waals surface area contributed by atoms with Crippen molar-refractivity contribution in [1.82, 2.24) is 16.0 Å². The van der Waals surface area contributed by atoms with E-state index in [0.29, 0.717) is 0 Å². The van der Waals surface area contributed by atoms with Gasteiger partial charge in [0.2, 0.25) is 17.7 Å². The van der Waals surface area contributed by atoms with Gasteiger partial charge < -0.3 is 204 Å². The Balaban J connectivity index is 1.10. The molecule has 8 rings (SSSR count). The van der Waals surface area contributed by atoms with Gasteiger partial charge in [0.1, 0.15) is 195 Å². The molecule has 8 fully saturated rings. The number of nitrogens with one attached hydrogen (secondary N) is 3. The Morgan fingerprint density at radius 1 is 0.265 bits per heavy atom. The van der Waals surface area contributed by atoms with Crippen LogP contribution in [-0.4, -0.2) is 433 Å². The molecule has 0 saturated carbocycles. The highest BCUT2D eigenvalue weighted by Crippen LogP contribution is 2.39. The number of hydrogen-bond acceptors (Lipinski definition) is 41. The largest absolute Gasteiger partial charge is 0.394 e. The van der Waals surface area contributed by atoms with Crippen LogP contribution in [0.25, 0.3) is 0 Å². The van der Waals surface area contributed by atoms with Crippen molar-refractivity contribution in [3.8, 4) is 0 Å². The second-order valence-corrected chi connectivity index (χ2v) is 24.6. The van der Waals surface area contributed by atoms with E-state index in [9.17, 15) is 132 Å². The first-order valence-corrected chi connectivity index (χ1v) is 31.1. The number of rotatable bonds is 25. The standard InChI is InChI=1S/C54H91N3O41/c1-12(65)55-23-31(73)41(19(8-62)85-47(23)83)95-52-40(82)44(96-54-46(37(79)29(71)18(7-61)89-54)98-49-25(57-14(3)67)33(75)43(21(10-64)91-49)94-51-39(81)35(77)27(69)16(5-59)87-51)30(72)22(92-52)11-84-53-45(36(78)28(70)17(6-60)88-53)97-48-24(56-13(2)66)32(74)42(20(9-63)90-48)93-50-38(80)34(76)26(68)15(4-58)86-50/h15-54,58-64,68-83H,4-11H2,1-3H3,(H,55,65)(H,56,66)(H,57,67)/t15-,16-,17-,18-,19-,20-,21-,22-,23-,24-,25-,26+,27+,28-,29-,30-,31-,32-,33-,34+,35+,36+,37+,38-,39-,40+,41-,42-,43-,44+,45+,46+,47-,48+,49+,50+,51+,52-,53+,54-/m1/s1. The minimum atomic E-state index is -2.45. The molecule has 0 aliphatic carbocycles. The van der Waals surface area contributed by atoms with Crippen LogP contribution in [0.4, 0.5) is 0 Å². The molecule has 3 amide bonds. The number of carbonyl (C=O) groups excluding carboxylic acids is 3. The molecule has 26 N–H and O–H groups in total. The molecule has 98 heavy (non-hydrogen) atoms. The Morgan fingerprint density at radius 2 is 0.551 bits per heavy atom. The molecule has 8 saturated heterocycles. The molecule has 8 aliphatic rings. The monoisotopic (exact) mass is 1440 g/mol. The van der Waals surface area contributed by atoms with Gasteiger partial charge in [0, 0.05) is 20.8 Å². The predicted octanol–water partition coefficient (Wildman–Crippen LogP) is -18.0. The van der Waals surface area contributed by atoms with Gasteiger partial charge in [-0.3, -0.25) is 14.4 Å². The van der Waals surface area contributed by atoms with Gasteiger partial charge in [-0.25, -0.2) is 0 Å². The molecule has 0 aromatic rings. The van der Waals surface area contributed by atoms with Gasteiger partial charge >= 0.3 is 0 Å². The summed E-state index contributed by atoms with van der Waals surface area (Å²) in [6, 6.07) is -5.48. The van der Waals surface area contributed by atoms with E-state index in [0.717, 1.165) is 20.8 Å². The second-order valence-electron chi connectivity index (χ2n) is 24.6. The van der Waals surface area contributed by atoms with Crippen LogP contribution in [0.2, 0.25) is 0 Å². The molecule has 44 nitrogen and oxygen atoms in total. The summed E-state index contributed by atoms with van der Waals surface area (Å²) in [7, 11) is 0. The van der Waals surface area contributed by atoms with Crippen molar-refractivity contribution in [2.45, 2.75) is 266 Å². The van der Waals surface area contributed by atoms with Gasteiger partial charge in [-0.1, -0.05) is 0 Å².